The number of carbonyl (C=O) groups is 2. The predicted molar refractivity (Wildman–Crippen MR) is 93.0 cm³/mol. The first-order valence-corrected chi connectivity index (χ1v) is 8.71. The van der Waals surface area contributed by atoms with Crippen LogP contribution in [0.4, 0.5) is 14.5 Å². The maximum atomic E-state index is 12.2. The van der Waals surface area contributed by atoms with Crippen LogP contribution in [-0.2, 0) is 9.53 Å². The van der Waals surface area contributed by atoms with E-state index >= 15 is 0 Å². The van der Waals surface area contributed by atoms with Crippen LogP contribution in [0.3, 0.4) is 0 Å². The summed E-state index contributed by atoms with van der Waals surface area (Å²) in [6.45, 7) is -3.54. The molecule has 0 radical (unpaired) electrons. The van der Waals surface area contributed by atoms with Gasteiger partial charge in [-0.2, -0.15) is 8.78 Å². The van der Waals surface area contributed by atoms with Gasteiger partial charge in [0.15, 0.2) is 6.61 Å². The Balaban J connectivity index is 1.92. The van der Waals surface area contributed by atoms with Crippen LogP contribution < -0.4 is 10.1 Å². The molecule has 0 saturated carbocycles. The topological polar surface area (TPSA) is 77.5 Å². The largest absolute Gasteiger partial charge is 0.452 e. The zero-order valence-corrected chi connectivity index (χ0v) is 14.9. The number of nitrogens with one attached hydrogen (secondary N) is 1. The molecule has 0 saturated heterocycles. The van der Waals surface area contributed by atoms with E-state index in [1.807, 2.05) is 0 Å². The zero-order chi connectivity index (χ0) is 19.1. The van der Waals surface area contributed by atoms with Crippen LogP contribution >= 0.6 is 23.4 Å². The average Bonchev–Trinajstić information content (AvgIpc) is 2.61. The number of aromatic nitrogens is 1. The molecule has 1 aromatic carbocycles. The normalized spacial score (nSPS) is 10.5. The number of benzene rings is 1. The van der Waals surface area contributed by atoms with Crippen molar-refractivity contribution >= 4 is 40.9 Å². The lowest BCUT2D eigenvalue weighted by Crippen LogP contribution is -2.21. The van der Waals surface area contributed by atoms with Gasteiger partial charge in [-0.3, -0.25) is 4.79 Å². The molecule has 0 fully saturated rings. The Morgan fingerprint density at radius 3 is 2.77 bits per heavy atom. The highest BCUT2D eigenvalue weighted by atomic mass is 35.5. The number of thioether (sulfide) groups is 1. The summed E-state index contributed by atoms with van der Waals surface area (Å²) in [5.41, 5.74) is 0.494. The Labute approximate surface area is 156 Å². The van der Waals surface area contributed by atoms with Crippen LogP contribution in [0.5, 0.6) is 5.75 Å². The molecule has 138 valence electrons. The summed E-state index contributed by atoms with van der Waals surface area (Å²) < 4.78 is 33.5. The Morgan fingerprint density at radius 1 is 1.35 bits per heavy atom. The van der Waals surface area contributed by atoms with Crippen molar-refractivity contribution in [2.24, 2.45) is 0 Å². The Kier molecular flexibility index (Phi) is 7.16. The van der Waals surface area contributed by atoms with E-state index in [2.05, 4.69) is 15.0 Å². The van der Waals surface area contributed by atoms with E-state index in [9.17, 15) is 18.4 Å². The van der Waals surface area contributed by atoms with E-state index in [1.54, 1.807) is 24.6 Å². The molecule has 0 bridgehead atoms. The number of anilines is 1. The Morgan fingerprint density at radius 2 is 2.12 bits per heavy atom. The van der Waals surface area contributed by atoms with Gasteiger partial charge < -0.3 is 14.8 Å². The third-order valence-electron chi connectivity index (χ3n) is 2.95. The molecule has 0 unspecified atom stereocenters. The van der Waals surface area contributed by atoms with Gasteiger partial charge in [-0.15, -0.1) is 11.8 Å². The third-order valence-corrected chi connectivity index (χ3v) is 3.96. The molecule has 0 aliphatic carbocycles. The standard InChI is InChI=1S/C16H13ClF2N2O4S/c1-26-14-10(3-2-6-20-14)15(23)24-8-13(22)21-9-4-5-12(11(17)7-9)25-16(18)19/h2-7,16H,8H2,1H3,(H,21,22). The second-order valence-corrected chi connectivity index (χ2v) is 5.91. The first-order valence-electron chi connectivity index (χ1n) is 7.11. The summed E-state index contributed by atoms with van der Waals surface area (Å²) in [6.07, 6.45) is 3.30. The maximum absolute atomic E-state index is 12.2. The zero-order valence-electron chi connectivity index (χ0n) is 13.4. The van der Waals surface area contributed by atoms with Crippen molar-refractivity contribution < 1.29 is 27.8 Å². The van der Waals surface area contributed by atoms with Crippen LogP contribution in [0, 0.1) is 0 Å². The molecule has 2 rings (SSSR count). The van der Waals surface area contributed by atoms with Crippen molar-refractivity contribution in [1.29, 1.82) is 0 Å². The Hall–Kier alpha value is -2.39. The number of hydrogen-bond acceptors (Lipinski definition) is 6. The van der Waals surface area contributed by atoms with Gasteiger partial charge in [-0.05, 0) is 36.6 Å². The van der Waals surface area contributed by atoms with Crippen molar-refractivity contribution in [2.75, 3.05) is 18.2 Å². The smallest absolute Gasteiger partial charge is 0.387 e. The number of amides is 1. The highest BCUT2D eigenvalue weighted by Crippen LogP contribution is 2.28. The molecule has 1 heterocycles. The van der Waals surface area contributed by atoms with Gasteiger partial charge in [0.25, 0.3) is 5.91 Å². The summed E-state index contributed by atoms with van der Waals surface area (Å²) in [7, 11) is 0. The number of alkyl halides is 2. The number of ether oxygens (including phenoxy) is 2. The molecule has 0 spiro atoms. The summed E-state index contributed by atoms with van der Waals surface area (Å²) in [4.78, 5) is 27.9. The van der Waals surface area contributed by atoms with Crippen molar-refractivity contribution in [1.82, 2.24) is 4.98 Å². The number of halogens is 3. The van der Waals surface area contributed by atoms with E-state index in [0.717, 1.165) is 0 Å². The van der Waals surface area contributed by atoms with Crippen LogP contribution in [0.2, 0.25) is 5.02 Å². The minimum Gasteiger partial charge on any atom is -0.452 e. The van der Waals surface area contributed by atoms with Gasteiger partial charge in [0.2, 0.25) is 0 Å². The minimum atomic E-state index is -3.01. The third kappa shape index (κ3) is 5.57. The first-order chi connectivity index (χ1) is 12.4. The van der Waals surface area contributed by atoms with Crippen molar-refractivity contribution in [3.8, 4) is 5.75 Å². The molecule has 0 aliphatic heterocycles. The lowest BCUT2D eigenvalue weighted by molar-refractivity contribution is -0.119. The fourth-order valence-corrected chi connectivity index (χ4v) is 2.65. The number of rotatable bonds is 7. The molecule has 10 heteroatoms. The summed E-state index contributed by atoms with van der Waals surface area (Å²) in [6, 6.07) is 6.89. The van der Waals surface area contributed by atoms with Crippen molar-refractivity contribution in [3.05, 3.63) is 47.1 Å². The molecule has 2 aromatic rings. The number of nitrogens with zero attached hydrogens (tertiary/aromatic N) is 1. The van der Waals surface area contributed by atoms with E-state index in [0.29, 0.717) is 5.03 Å². The molecule has 1 aromatic heterocycles. The summed E-state index contributed by atoms with van der Waals surface area (Å²) in [5, 5.41) is 2.82. The summed E-state index contributed by atoms with van der Waals surface area (Å²) >= 11 is 7.07. The van der Waals surface area contributed by atoms with Crippen LogP contribution in [0.25, 0.3) is 0 Å². The molecule has 6 nitrogen and oxygen atoms in total. The monoisotopic (exact) mass is 402 g/mol. The minimum absolute atomic E-state index is 0.0972. The molecular weight excluding hydrogens is 390 g/mol. The fraction of sp³-hybridized carbons (Fsp3) is 0.188. The molecule has 0 aliphatic rings. The van der Waals surface area contributed by atoms with Crippen molar-refractivity contribution in [2.45, 2.75) is 11.6 Å². The predicted octanol–water partition coefficient (Wildman–Crippen LogP) is 3.85. The van der Waals surface area contributed by atoms with Gasteiger partial charge in [-0.25, -0.2) is 9.78 Å². The summed E-state index contributed by atoms with van der Waals surface area (Å²) in [5.74, 6) is -1.52. The van der Waals surface area contributed by atoms with Gasteiger partial charge in [0, 0.05) is 11.9 Å². The van der Waals surface area contributed by atoms with E-state index in [-0.39, 0.29) is 22.0 Å². The van der Waals surface area contributed by atoms with Gasteiger partial charge in [0.1, 0.15) is 10.8 Å². The number of esters is 1. The lowest BCUT2D eigenvalue weighted by Gasteiger charge is -2.10. The molecule has 26 heavy (non-hydrogen) atoms. The highest BCUT2D eigenvalue weighted by Gasteiger charge is 2.15. The highest BCUT2D eigenvalue weighted by molar-refractivity contribution is 7.98. The van der Waals surface area contributed by atoms with E-state index in [1.165, 1.54) is 30.0 Å². The van der Waals surface area contributed by atoms with Crippen LogP contribution in [0.1, 0.15) is 10.4 Å². The van der Waals surface area contributed by atoms with Crippen LogP contribution in [-0.4, -0.2) is 36.3 Å². The number of pyridine rings is 1. The lowest BCUT2D eigenvalue weighted by atomic mass is 10.3. The molecule has 1 amide bonds. The second kappa shape index (κ2) is 9.35. The SMILES string of the molecule is CSc1ncccc1C(=O)OCC(=O)Nc1ccc(OC(F)F)c(Cl)c1. The Bertz CT molecular complexity index is 808. The van der Waals surface area contributed by atoms with Gasteiger partial charge in [0.05, 0.1) is 10.6 Å². The van der Waals surface area contributed by atoms with Crippen molar-refractivity contribution in [3.63, 3.8) is 0 Å². The quantitative estimate of drug-likeness (QED) is 0.560. The second-order valence-electron chi connectivity index (χ2n) is 4.71. The van der Waals surface area contributed by atoms with Gasteiger partial charge >= 0.3 is 12.6 Å². The van der Waals surface area contributed by atoms with Crippen LogP contribution in [0.15, 0.2) is 41.6 Å². The first kappa shape index (κ1) is 19.9. The van der Waals surface area contributed by atoms with E-state index in [4.69, 9.17) is 16.3 Å². The molecule has 1 N–H and O–H groups in total. The van der Waals surface area contributed by atoms with E-state index < -0.39 is 25.1 Å². The number of hydrogen-bond donors (Lipinski definition) is 1. The number of carbonyl (C=O) groups excluding carboxylic acids is 2. The average molecular weight is 403 g/mol. The fourth-order valence-electron chi connectivity index (χ4n) is 1.88. The molecular formula is C16H13ClF2N2O4S. The molecule has 0 atom stereocenters. The van der Waals surface area contributed by atoms with Gasteiger partial charge in [-0.1, -0.05) is 11.6 Å². The maximum Gasteiger partial charge on any atom is 0.387 e.